The molecule has 0 spiro atoms. The van der Waals surface area contributed by atoms with Crippen LogP contribution in [0.25, 0.3) is 22.0 Å². The summed E-state index contributed by atoms with van der Waals surface area (Å²) in [4.78, 5) is 27.7. The average Bonchev–Trinajstić information content (AvgIpc) is 2.91. The first-order chi connectivity index (χ1) is 17.5. The van der Waals surface area contributed by atoms with E-state index in [2.05, 4.69) is 10.2 Å². The number of carbonyl (C=O) groups excluding carboxylic acids is 2. The molecule has 3 aromatic carbocycles. The van der Waals surface area contributed by atoms with Crippen LogP contribution in [0.5, 0.6) is 5.75 Å². The van der Waals surface area contributed by atoms with Gasteiger partial charge in [-0.3, -0.25) is 9.59 Å². The third-order valence-corrected chi connectivity index (χ3v) is 5.28. The van der Waals surface area contributed by atoms with Gasteiger partial charge in [-0.25, -0.2) is 4.85 Å². The van der Waals surface area contributed by atoms with Crippen molar-refractivity contribution < 1.29 is 23.8 Å². The van der Waals surface area contributed by atoms with Crippen molar-refractivity contribution in [2.75, 3.05) is 33.7 Å². The van der Waals surface area contributed by atoms with E-state index in [1.807, 2.05) is 30.3 Å². The second-order valence-electron chi connectivity index (χ2n) is 7.82. The molecule has 184 valence electrons. The Morgan fingerprint density at radius 3 is 2.50 bits per heavy atom. The molecule has 7 heteroatoms. The number of methoxy groups -OCH3 is 1. The first kappa shape index (κ1) is 26.4. The lowest BCUT2D eigenvalue weighted by Crippen LogP contribution is -2.23. The summed E-state index contributed by atoms with van der Waals surface area (Å²) < 4.78 is 15.9. The van der Waals surface area contributed by atoms with Crippen molar-refractivity contribution in [1.82, 2.24) is 5.32 Å². The predicted molar refractivity (Wildman–Crippen MR) is 139 cm³/mol. The Morgan fingerprint density at radius 1 is 0.972 bits per heavy atom. The van der Waals surface area contributed by atoms with Crippen molar-refractivity contribution in [1.29, 1.82) is 0 Å². The zero-order valence-electron chi connectivity index (χ0n) is 20.3. The third kappa shape index (κ3) is 7.64. The van der Waals surface area contributed by atoms with E-state index in [4.69, 9.17) is 20.8 Å². The summed E-state index contributed by atoms with van der Waals surface area (Å²) in [7, 11) is 1.60. The molecule has 0 aromatic heterocycles. The fourth-order valence-corrected chi connectivity index (χ4v) is 3.34. The quantitative estimate of drug-likeness (QED) is 0.158. The molecule has 1 amide bonds. The predicted octanol–water partition coefficient (Wildman–Crippen LogP) is 5.55. The number of hydrogen-bond donors (Lipinski definition) is 1. The smallest absolute Gasteiger partial charge is 0.251 e. The molecular weight excluding hydrogens is 456 g/mol. The molecule has 3 rings (SSSR count). The summed E-state index contributed by atoms with van der Waals surface area (Å²) >= 11 is 0. The fourth-order valence-electron chi connectivity index (χ4n) is 3.34. The van der Waals surface area contributed by atoms with Gasteiger partial charge >= 0.3 is 0 Å². The minimum atomic E-state index is -0.207. The molecule has 1 N–H and O–H groups in total. The van der Waals surface area contributed by atoms with E-state index in [-0.39, 0.29) is 18.5 Å². The molecule has 3 aromatic rings. The maximum Gasteiger partial charge on any atom is 0.251 e. The molecule has 0 fully saturated rings. The van der Waals surface area contributed by atoms with Gasteiger partial charge in [0.2, 0.25) is 0 Å². The standard InChI is InChI=1S/C29H28N2O5/c1-21(32)24-6-4-7-25(18-24)22-9-11-23(12-10-22)29(33)31-15-5-8-26-19-27(30-2)13-14-28(26)36-20-35-17-16-34-3/h4-14,18-19H,15-17,20H2,1,3H3,(H,31,33)/b8-5+. The van der Waals surface area contributed by atoms with Crippen molar-refractivity contribution in [2.24, 2.45) is 0 Å². The van der Waals surface area contributed by atoms with E-state index in [0.717, 1.165) is 11.1 Å². The summed E-state index contributed by atoms with van der Waals surface area (Å²) in [5.41, 5.74) is 4.22. The highest BCUT2D eigenvalue weighted by Crippen LogP contribution is 2.26. The minimum Gasteiger partial charge on any atom is -0.467 e. The van der Waals surface area contributed by atoms with Gasteiger partial charge in [0.1, 0.15) is 5.75 Å². The molecule has 0 aliphatic carbocycles. The molecule has 0 heterocycles. The van der Waals surface area contributed by atoms with E-state index in [1.54, 1.807) is 55.7 Å². The van der Waals surface area contributed by atoms with E-state index in [9.17, 15) is 9.59 Å². The minimum absolute atomic E-state index is 0.0100. The van der Waals surface area contributed by atoms with Crippen molar-refractivity contribution in [3.05, 3.63) is 101 Å². The van der Waals surface area contributed by atoms with Crippen LogP contribution < -0.4 is 10.1 Å². The topological polar surface area (TPSA) is 78.2 Å². The van der Waals surface area contributed by atoms with Crippen molar-refractivity contribution in [2.45, 2.75) is 6.92 Å². The number of Topliss-reactive ketones (excluding diaryl/α,β-unsaturated/α-hetero) is 1. The Kier molecular flexibility index (Phi) is 9.95. The Hall–Kier alpha value is -4.25. The molecule has 0 aliphatic rings. The zero-order valence-corrected chi connectivity index (χ0v) is 20.3. The van der Waals surface area contributed by atoms with Gasteiger partial charge in [-0.2, -0.15) is 0 Å². The lowest BCUT2D eigenvalue weighted by molar-refractivity contribution is -0.00855. The molecule has 0 atom stereocenters. The molecule has 36 heavy (non-hydrogen) atoms. The lowest BCUT2D eigenvalue weighted by Gasteiger charge is -2.10. The van der Waals surface area contributed by atoms with E-state index in [0.29, 0.717) is 47.9 Å². The molecule has 0 aliphatic heterocycles. The van der Waals surface area contributed by atoms with Gasteiger partial charge in [0.15, 0.2) is 18.3 Å². The van der Waals surface area contributed by atoms with Gasteiger partial charge in [-0.1, -0.05) is 48.6 Å². The number of nitrogens with zero attached hydrogens (tertiary/aromatic N) is 1. The molecule has 0 unspecified atom stereocenters. The Morgan fingerprint density at radius 2 is 1.78 bits per heavy atom. The van der Waals surface area contributed by atoms with Crippen LogP contribution in [0.3, 0.4) is 0 Å². The normalized spacial score (nSPS) is 10.7. The maximum atomic E-state index is 12.6. The van der Waals surface area contributed by atoms with Crippen LogP contribution in [0, 0.1) is 6.57 Å². The van der Waals surface area contributed by atoms with Gasteiger partial charge in [-0.05, 0) is 48.4 Å². The molecule has 0 saturated carbocycles. The van der Waals surface area contributed by atoms with E-state index < -0.39 is 0 Å². The summed E-state index contributed by atoms with van der Waals surface area (Å²) in [5.74, 6) is 0.379. The van der Waals surface area contributed by atoms with E-state index >= 15 is 0 Å². The van der Waals surface area contributed by atoms with Crippen LogP contribution in [-0.4, -0.2) is 45.4 Å². The summed E-state index contributed by atoms with van der Waals surface area (Å²) in [6.07, 6.45) is 3.59. The molecule has 7 nitrogen and oxygen atoms in total. The van der Waals surface area contributed by atoms with Crippen LogP contribution in [0.2, 0.25) is 0 Å². The van der Waals surface area contributed by atoms with Crippen molar-refractivity contribution in [3.8, 4) is 16.9 Å². The first-order valence-corrected chi connectivity index (χ1v) is 11.4. The van der Waals surface area contributed by atoms with Gasteiger partial charge < -0.3 is 19.5 Å². The van der Waals surface area contributed by atoms with Crippen LogP contribution >= 0.6 is 0 Å². The Labute approximate surface area is 211 Å². The SMILES string of the molecule is [C-]#[N+]c1ccc(OCOCCOC)c(/C=C/CNC(=O)c2ccc(-c3cccc(C(C)=O)c3)cc2)c1. The first-order valence-electron chi connectivity index (χ1n) is 11.4. The van der Waals surface area contributed by atoms with Crippen LogP contribution in [0.15, 0.2) is 72.8 Å². The number of ketones is 1. The van der Waals surface area contributed by atoms with Crippen molar-refractivity contribution in [3.63, 3.8) is 0 Å². The van der Waals surface area contributed by atoms with Gasteiger partial charge in [0.05, 0.1) is 19.8 Å². The van der Waals surface area contributed by atoms with E-state index in [1.165, 1.54) is 6.92 Å². The van der Waals surface area contributed by atoms with Crippen LogP contribution in [0.4, 0.5) is 5.69 Å². The highest BCUT2D eigenvalue weighted by molar-refractivity contribution is 5.96. The summed E-state index contributed by atoms with van der Waals surface area (Å²) in [6, 6.07) is 19.7. The second kappa shape index (κ2) is 13.6. The van der Waals surface area contributed by atoms with Crippen LogP contribution in [-0.2, 0) is 9.47 Å². The highest BCUT2D eigenvalue weighted by Gasteiger charge is 2.07. The number of rotatable bonds is 12. The number of amides is 1. The van der Waals surface area contributed by atoms with Gasteiger partial charge in [0, 0.05) is 30.3 Å². The molecular formula is C29H28N2O5. The average molecular weight is 485 g/mol. The van der Waals surface area contributed by atoms with Gasteiger partial charge in [0.25, 0.3) is 5.91 Å². The number of ether oxygens (including phenoxy) is 3. The maximum absolute atomic E-state index is 12.6. The molecule has 0 bridgehead atoms. The Bertz CT molecular complexity index is 1260. The summed E-state index contributed by atoms with van der Waals surface area (Å²) in [5, 5.41) is 2.86. The number of carbonyl (C=O) groups is 2. The second-order valence-corrected chi connectivity index (χ2v) is 7.82. The van der Waals surface area contributed by atoms with Crippen molar-refractivity contribution >= 4 is 23.5 Å². The largest absolute Gasteiger partial charge is 0.467 e. The number of hydrogen-bond acceptors (Lipinski definition) is 5. The molecule has 0 saturated heterocycles. The number of benzene rings is 3. The monoisotopic (exact) mass is 484 g/mol. The Balaban J connectivity index is 1.58. The number of nitrogens with one attached hydrogen (secondary N) is 1. The lowest BCUT2D eigenvalue weighted by atomic mass is 10.0. The third-order valence-electron chi connectivity index (χ3n) is 5.28. The highest BCUT2D eigenvalue weighted by atomic mass is 16.7. The fraction of sp³-hybridized carbons (Fsp3) is 0.207. The summed E-state index contributed by atoms with van der Waals surface area (Å²) in [6.45, 7) is 10.0. The van der Waals surface area contributed by atoms with Gasteiger partial charge in [-0.15, -0.1) is 0 Å². The van der Waals surface area contributed by atoms with Crippen LogP contribution in [0.1, 0.15) is 33.2 Å². The molecule has 0 radical (unpaired) electrons. The zero-order chi connectivity index (χ0) is 25.8.